The summed E-state index contributed by atoms with van der Waals surface area (Å²) in [4.78, 5) is 9.56. The van der Waals surface area contributed by atoms with Gasteiger partial charge in [-0.25, -0.2) is 9.97 Å². The molecule has 0 aliphatic heterocycles. The molecule has 6 aromatic carbocycles. The predicted molar refractivity (Wildman–Crippen MR) is 272 cm³/mol. The Morgan fingerprint density at radius 2 is 0.809 bits per heavy atom. The van der Waals surface area contributed by atoms with E-state index in [2.05, 4.69) is 142 Å². The van der Waals surface area contributed by atoms with Crippen LogP contribution < -0.4 is 9.47 Å². The summed E-state index contributed by atoms with van der Waals surface area (Å²) in [6.45, 7) is 13.0. The van der Waals surface area contributed by atoms with Crippen LogP contribution in [0.25, 0.3) is 83.0 Å². The Morgan fingerprint density at radius 1 is 0.368 bits per heavy atom. The van der Waals surface area contributed by atoms with Gasteiger partial charge in [0.25, 0.3) is 5.95 Å². The molecule has 6 aromatic heterocycles. The van der Waals surface area contributed by atoms with E-state index in [-0.39, 0.29) is 17.8 Å². The van der Waals surface area contributed by atoms with Crippen molar-refractivity contribution < 1.29 is 9.47 Å². The fourth-order valence-corrected chi connectivity index (χ4v) is 9.84. The highest BCUT2D eigenvalue weighted by Gasteiger charge is 2.23. The Morgan fingerprint density at radius 3 is 1.24 bits per heavy atom. The van der Waals surface area contributed by atoms with Crippen LogP contribution in [0.1, 0.15) is 76.2 Å². The zero-order valence-corrected chi connectivity index (χ0v) is 38.6. The molecule has 332 valence electrons. The van der Waals surface area contributed by atoms with E-state index in [0.717, 1.165) is 67.0 Å². The summed E-state index contributed by atoms with van der Waals surface area (Å²) in [7, 11) is 0. The number of nitrogens with zero attached hydrogens (tertiary/aromatic N) is 9. The molecule has 6 heterocycles. The van der Waals surface area contributed by atoms with Crippen molar-refractivity contribution in [3.05, 3.63) is 175 Å². The first-order valence-electron chi connectivity index (χ1n) is 23.2. The Labute approximate surface area is 392 Å². The Bertz CT molecular complexity index is 3660. The fourth-order valence-electron chi connectivity index (χ4n) is 9.84. The molecule has 11 nitrogen and oxygen atoms in total. The molecule has 0 aliphatic rings. The van der Waals surface area contributed by atoms with E-state index < -0.39 is 0 Å². The third-order valence-corrected chi connectivity index (χ3v) is 12.9. The molecule has 0 saturated heterocycles. The summed E-state index contributed by atoms with van der Waals surface area (Å²) >= 11 is 0. The quantitative estimate of drug-likeness (QED) is 0.133. The van der Waals surface area contributed by atoms with Gasteiger partial charge >= 0.3 is 0 Å². The van der Waals surface area contributed by atoms with Gasteiger partial charge in [0.1, 0.15) is 34.6 Å². The lowest BCUT2D eigenvalue weighted by Gasteiger charge is -2.14. The summed E-state index contributed by atoms with van der Waals surface area (Å²) in [5.41, 5.74) is 8.31. The number of hydrogen-bond donors (Lipinski definition) is 0. The van der Waals surface area contributed by atoms with Crippen LogP contribution in [0.4, 0.5) is 0 Å². The zero-order valence-electron chi connectivity index (χ0n) is 38.6. The van der Waals surface area contributed by atoms with E-state index in [9.17, 15) is 0 Å². The largest absolute Gasteiger partial charge is 0.457 e. The van der Waals surface area contributed by atoms with E-state index in [0.29, 0.717) is 23.3 Å². The van der Waals surface area contributed by atoms with Crippen molar-refractivity contribution >= 4 is 65.4 Å². The number of para-hydroxylation sites is 2. The van der Waals surface area contributed by atoms with Gasteiger partial charge in [-0.2, -0.15) is 0 Å². The molecular formula is C57H47N9O2. The molecule has 11 heteroatoms. The van der Waals surface area contributed by atoms with Crippen molar-refractivity contribution in [2.75, 3.05) is 0 Å². The zero-order chi connectivity index (χ0) is 46.2. The molecule has 0 amide bonds. The van der Waals surface area contributed by atoms with Crippen molar-refractivity contribution in [2.45, 2.75) is 59.3 Å². The monoisotopic (exact) mass is 889 g/mol. The number of ether oxygens (including phenoxy) is 2. The highest BCUT2D eigenvalue weighted by molar-refractivity contribution is 6.13. The van der Waals surface area contributed by atoms with Gasteiger partial charge in [-0.05, 0) is 95.8 Å². The molecule has 0 radical (unpaired) electrons. The molecule has 0 aliphatic carbocycles. The van der Waals surface area contributed by atoms with E-state index >= 15 is 0 Å². The Balaban J connectivity index is 1.00. The summed E-state index contributed by atoms with van der Waals surface area (Å²) in [5, 5.41) is 25.1. The lowest BCUT2D eigenvalue weighted by atomic mass is 9.97. The third kappa shape index (κ3) is 6.72. The number of benzene rings is 6. The Kier molecular flexibility index (Phi) is 9.75. The number of aromatic nitrogens is 9. The highest BCUT2D eigenvalue weighted by atomic mass is 16.5. The first-order valence-corrected chi connectivity index (χ1v) is 23.2. The molecule has 12 rings (SSSR count). The van der Waals surface area contributed by atoms with E-state index in [1.165, 1.54) is 32.7 Å². The standard InChI is InChI=1S/C57H47N9O2/c1-33(2)44-27-38(31-50-54(44)42-15-7-9-17-46(42)64(50)52-19-11-13-25-58-52)67-36-21-23-40-41-24-22-37(30-49(41)66(48(40)29-36)57-62-60-56(35(5)6)61-63-57)68-39-28-45(34(3)4)55-43-16-8-10-18-47(43)65(51(55)32-39)53-20-12-14-26-59-53/h7-35H,1-6H3. The van der Waals surface area contributed by atoms with Crippen LogP contribution in [0.3, 0.4) is 0 Å². The molecule has 12 aromatic rings. The molecule has 68 heavy (non-hydrogen) atoms. The lowest BCUT2D eigenvalue weighted by molar-refractivity contribution is 0.483. The normalized spacial score (nSPS) is 12.1. The number of rotatable bonds is 10. The molecule has 0 fully saturated rings. The van der Waals surface area contributed by atoms with Crippen molar-refractivity contribution in [3.8, 4) is 40.6 Å². The lowest BCUT2D eigenvalue weighted by Crippen LogP contribution is -2.09. The minimum atomic E-state index is 0.0658. The molecule has 0 atom stereocenters. The summed E-state index contributed by atoms with van der Waals surface area (Å²) < 4.78 is 20.2. The van der Waals surface area contributed by atoms with Crippen LogP contribution in [0.15, 0.2) is 158 Å². The van der Waals surface area contributed by atoms with Gasteiger partial charge in [-0.1, -0.05) is 90.1 Å². The minimum Gasteiger partial charge on any atom is -0.457 e. The second-order valence-corrected chi connectivity index (χ2v) is 18.3. The number of fused-ring (bicyclic) bond motifs is 9. The molecule has 0 saturated carbocycles. The SMILES string of the molecule is CC(C)c1nnc(-n2c3cc(Oc4cc(C(C)C)c5c6ccccc6n(-c6ccccn6)c5c4)ccc3c3ccc(Oc4cc(C(C)C)c5c6ccccc6n(-c6ccccn6)c5c4)cc32)nn1. The molecule has 0 bridgehead atoms. The van der Waals surface area contributed by atoms with E-state index in [4.69, 9.17) is 19.4 Å². The summed E-state index contributed by atoms with van der Waals surface area (Å²) in [6.07, 6.45) is 3.67. The van der Waals surface area contributed by atoms with E-state index in [1.807, 2.05) is 91.5 Å². The van der Waals surface area contributed by atoms with Gasteiger partial charge in [0.05, 0.1) is 33.1 Å². The van der Waals surface area contributed by atoms with Gasteiger partial charge in [0, 0.05) is 74.9 Å². The molecule has 0 N–H and O–H groups in total. The van der Waals surface area contributed by atoms with Gasteiger partial charge in [-0.15, -0.1) is 20.4 Å². The number of hydrogen-bond acceptors (Lipinski definition) is 8. The highest BCUT2D eigenvalue weighted by Crippen LogP contribution is 2.43. The predicted octanol–water partition coefficient (Wildman–Crippen LogP) is 14.3. The van der Waals surface area contributed by atoms with Gasteiger partial charge in [0.15, 0.2) is 5.82 Å². The van der Waals surface area contributed by atoms with Crippen molar-refractivity contribution in [1.29, 1.82) is 0 Å². The number of pyridine rings is 2. The van der Waals surface area contributed by atoms with Gasteiger partial charge in [-0.3, -0.25) is 13.7 Å². The maximum atomic E-state index is 6.89. The van der Waals surface area contributed by atoms with Gasteiger partial charge in [0.2, 0.25) is 0 Å². The second-order valence-electron chi connectivity index (χ2n) is 18.3. The average Bonchev–Trinajstić information content (AvgIpc) is 3.99. The summed E-state index contributed by atoms with van der Waals surface area (Å²) in [5.74, 6) is 5.88. The maximum absolute atomic E-state index is 6.89. The Hall–Kier alpha value is -8.44. The van der Waals surface area contributed by atoms with Crippen LogP contribution in [0.2, 0.25) is 0 Å². The first kappa shape index (κ1) is 41.0. The van der Waals surface area contributed by atoms with Crippen molar-refractivity contribution in [1.82, 2.24) is 44.1 Å². The third-order valence-electron chi connectivity index (χ3n) is 12.9. The molecule has 0 spiro atoms. The topological polar surface area (TPSA) is 111 Å². The van der Waals surface area contributed by atoms with Gasteiger partial charge < -0.3 is 9.47 Å². The summed E-state index contributed by atoms with van der Waals surface area (Å²) in [6, 6.07) is 50.0. The first-order chi connectivity index (χ1) is 33.2. The van der Waals surface area contributed by atoms with Crippen LogP contribution in [0.5, 0.6) is 23.0 Å². The molecule has 0 unspecified atom stereocenters. The average molecular weight is 890 g/mol. The smallest absolute Gasteiger partial charge is 0.273 e. The van der Waals surface area contributed by atoms with Crippen LogP contribution in [-0.2, 0) is 0 Å². The van der Waals surface area contributed by atoms with Crippen LogP contribution in [-0.4, -0.2) is 44.1 Å². The second kappa shape index (κ2) is 16.2. The van der Waals surface area contributed by atoms with E-state index in [1.54, 1.807) is 0 Å². The van der Waals surface area contributed by atoms with Crippen molar-refractivity contribution in [3.63, 3.8) is 0 Å². The maximum Gasteiger partial charge on any atom is 0.273 e. The van der Waals surface area contributed by atoms with Crippen molar-refractivity contribution in [2.24, 2.45) is 0 Å². The fraction of sp³-hybridized carbons (Fsp3) is 0.158. The molecular weight excluding hydrogens is 843 g/mol. The van der Waals surface area contributed by atoms with Crippen LogP contribution >= 0.6 is 0 Å². The van der Waals surface area contributed by atoms with Crippen LogP contribution in [0, 0.1) is 0 Å². The minimum absolute atomic E-state index is 0.0658.